The Hall–Kier alpha value is -5.66. The maximum atomic E-state index is 6.57. The molecule has 0 saturated carbocycles. The SMILES string of the molecule is C1=C(c2c3ccccc3c(-c3cccc4c3ccc3ccccc34)c3ccccc23)CCc2oc3c(ccc4ccccc43)c21. The van der Waals surface area contributed by atoms with E-state index in [0.717, 1.165) is 24.2 Å². The number of allylic oxidation sites excluding steroid dienone is 1. The Morgan fingerprint density at radius 1 is 0.378 bits per heavy atom. The van der Waals surface area contributed by atoms with Crippen molar-refractivity contribution in [3.05, 3.63) is 156 Å². The largest absolute Gasteiger partial charge is 0.460 e. The number of rotatable bonds is 2. The summed E-state index contributed by atoms with van der Waals surface area (Å²) in [5.74, 6) is 1.10. The fraction of sp³-hybridized carbons (Fsp3) is 0.0455. The van der Waals surface area contributed by atoms with Crippen LogP contribution < -0.4 is 0 Å². The molecule has 0 bridgehead atoms. The Kier molecular flexibility index (Phi) is 5.18. The van der Waals surface area contributed by atoms with Gasteiger partial charge in [0.1, 0.15) is 11.3 Å². The van der Waals surface area contributed by atoms with Gasteiger partial charge < -0.3 is 4.42 Å². The summed E-state index contributed by atoms with van der Waals surface area (Å²) >= 11 is 0. The summed E-state index contributed by atoms with van der Waals surface area (Å²) in [6.45, 7) is 0. The van der Waals surface area contributed by atoms with Gasteiger partial charge >= 0.3 is 0 Å². The number of aryl methyl sites for hydroxylation is 1. The lowest BCUT2D eigenvalue weighted by atomic mass is 9.82. The van der Waals surface area contributed by atoms with Gasteiger partial charge in [-0.2, -0.15) is 0 Å². The van der Waals surface area contributed by atoms with Crippen molar-refractivity contribution in [3.63, 3.8) is 0 Å². The van der Waals surface area contributed by atoms with Crippen LogP contribution in [0, 0.1) is 0 Å². The minimum Gasteiger partial charge on any atom is -0.460 e. The van der Waals surface area contributed by atoms with Crippen molar-refractivity contribution in [2.24, 2.45) is 0 Å². The van der Waals surface area contributed by atoms with E-state index >= 15 is 0 Å². The van der Waals surface area contributed by atoms with Crippen LogP contribution in [0.5, 0.6) is 0 Å². The summed E-state index contributed by atoms with van der Waals surface area (Å²) < 4.78 is 6.57. The molecule has 0 unspecified atom stereocenters. The van der Waals surface area contributed by atoms with Gasteiger partial charge in [0.2, 0.25) is 0 Å². The second-order valence-electron chi connectivity index (χ2n) is 12.3. The van der Waals surface area contributed by atoms with Gasteiger partial charge in [-0.25, -0.2) is 0 Å². The van der Waals surface area contributed by atoms with Gasteiger partial charge in [-0.15, -0.1) is 0 Å². The molecule has 1 heteroatoms. The topological polar surface area (TPSA) is 13.1 Å². The Morgan fingerprint density at radius 3 is 1.64 bits per heavy atom. The van der Waals surface area contributed by atoms with Gasteiger partial charge in [0.25, 0.3) is 0 Å². The highest BCUT2D eigenvalue weighted by atomic mass is 16.3. The lowest BCUT2D eigenvalue weighted by Crippen LogP contribution is -1.99. The average molecular weight is 573 g/mol. The van der Waals surface area contributed by atoms with E-state index < -0.39 is 0 Å². The highest BCUT2D eigenvalue weighted by Gasteiger charge is 2.24. The molecule has 0 amide bonds. The number of furan rings is 1. The van der Waals surface area contributed by atoms with Gasteiger partial charge in [0.05, 0.1) is 0 Å². The van der Waals surface area contributed by atoms with Gasteiger partial charge in [-0.3, -0.25) is 0 Å². The fourth-order valence-corrected chi connectivity index (χ4v) is 7.95. The molecule has 10 rings (SSSR count). The molecule has 1 nitrogen and oxygen atoms in total. The molecule has 0 N–H and O–H groups in total. The van der Waals surface area contributed by atoms with Gasteiger partial charge in [0, 0.05) is 22.8 Å². The molecular formula is C44H28O. The number of fused-ring (bicyclic) bond motifs is 10. The van der Waals surface area contributed by atoms with Gasteiger partial charge in [0.15, 0.2) is 0 Å². The van der Waals surface area contributed by atoms with Crippen LogP contribution in [0.1, 0.15) is 23.3 Å². The van der Waals surface area contributed by atoms with Crippen LogP contribution in [0.15, 0.2) is 144 Å². The van der Waals surface area contributed by atoms with E-state index in [-0.39, 0.29) is 0 Å². The van der Waals surface area contributed by atoms with Crippen LogP contribution in [-0.4, -0.2) is 0 Å². The molecule has 1 aliphatic carbocycles. The summed E-state index contributed by atoms with van der Waals surface area (Å²) in [7, 11) is 0. The molecule has 1 heterocycles. The Bertz CT molecular complexity index is 2650. The third kappa shape index (κ3) is 3.56. The summed E-state index contributed by atoms with van der Waals surface area (Å²) in [5.41, 5.74) is 7.55. The van der Waals surface area contributed by atoms with Crippen LogP contribution in [0.3, 0.4) is 0 Å². The van der Waals surface area contributed by atoms with E-state index in [4.69, 9.17) is 4.42 Å². The lowest BCUT2D eigenvalue weighted by molar-refractivity contribution is 0.550. The summed E-state index contributed by atoms with van der Waals surface area (Å²) in [4.78, 5) is 0. The van der Waals surface area contributed by atoms with Crippen LogP contribution in [0.25, 0.3) is 87.6 Å². The van der Waals surface area contributed by atoms with Crippen molar-refractivity contribution in [2.45, 2.75) is 12.8 Å². The molecule has 9 aromatic rings. The molecule has 0 fully saturated rings. The number of hydrogen-bond donors (Lipinski definition) is 0. The molecule has 0 atom stereocenters. The minimum absolute atomic E-state index is 0.894. The maximum Gasteiger partial charge on any atom is 0.142 e. The molecule has 0 aliphatic heterocycles. The molecule has 1 aromatic heterocycles. The summed E-state index contributed by atoms with van der Waals surface area (Å²) in [6, 6.07) is 51.1. The average Bonchev–Trinajstić information content (AvgIpc) is 3.49. The summed E-state index contributed by atoms with van der Waals surface area (Å²) in [6.07, 6.45) is 4.25. The van der Waals surface area contributed by atoms with Crippen LogP contribution in [0.2, 0.25) is 0 Å². The fourth-order valence-electron chi connectivity index (χ4n) is 7.95. The molecule has 1 aliphatic rings. The Labute approximate surface area is 260 Å². The van der Waals surface area contributed by atoms with Crippen LogP contribution >= 0.6 is 0 Å². The third-order valence-corrected chi connectivity index (χ3v) is 9.94. The predicted molar refractivity (Wildman–Crippen MR) is 192 cm³/mol. The van der Waals surface area contributed by atoms with Crippen molar-refractivity contribution < 1.29 is 4.42 Å². The lowest BCUT2D eigenvalue weighted by Gasteiger charge is -2.21. The van der Waals surface area contributed by atoms with Crippen LogP contribution in [0.4, 0.5) is 0 Å². The van der Waals surface area contributed by atoms with E-state index in [1.165, 1.54) is 87.1 Å². The van der Waals surface area contributed by atoms with E-state index in [9.17, 15) is 0 Å². The first-order valence-electron chi connectivity index (χ1n) is 15.8. The highest BCUT2D eigenvalue weighted by molar-refractivity contribution is 6.24. The molecular weight excluding hydrogens is 544 g/mol. The zero-order valence-corrected chi connectivity index (χ0v) is 24.7. The Morgan fingerprint density at radius 2 is 0.933 bits per heavy atom. The highest BCUT2D eigenvalue weighted by Crippen LogP contribution is 2.47. The molecule has 8 aromatic carbocycles. The predicted octanol–water partition coefficient (Wildman–Crippen LogP) is 12.4. The van der Waals surface area contributed by atoms with Gasteiger partial charge in [-0.1, -0.05) is 133 Å². The monoisotopic (exact) mass is 572 g/mol. The zero-order valence-electron chi connectivity index (χ0n) is 24.7. The smallest absolute Gasteiger partial charge is 0.142 e. The molecule has 210 valence electrons. The first-order chi connectivity index (χ1) is 22.3. The van der Waals surface area contributed by atoms with E-state index in [1.807, 2.05) is 0 Å². The normalized spacial score (nSPS) is 13.3. The van der Waals surface area contributed by atoms with Gasteiger partial charge in [-0.05, 0) is 89.3 Å². The van der Waals surface area contributed by atoms with Crippen molar-refractivity contribution >= 4 is 76.5 Å². The second kappa shape index (κ2) is 9.42. The zero-order chi connectivity index (χ0) is 29.5. The summed E-state index contributed by atoms with van der Waals surface area (Å²) in [5, 5.41) is 14.0. The van der Waals surface area contributed by atoms with Crippen molar-refractivity contribution in [3.8, 4) is 11.1 Å². The first kappa shape index (κ1) is 24.7. The maximum absolute atomic E-state index is 6.57. The van der Waals surface area contributed by atoms with Crippen molar-refractivity contribution in [2.75, 3.05) is 0 Å². The van der Waals surface area contributed by atoms with Crippen molar-refractivity contribution in [1.82, 2.24) is 0 Å². The number of benzene rings is 8. The molecule has 0 spiro atoms. The Balaban J connectivity index is 1.27. The molecule has 0 saturated heterocycles. The van der Waals surface area contributed by atoms with Crippen molar-refractivity contribution in [1.29, 1.82) is 0 Å². The second-order valence-corrected chi connectivity index (χ2v) is 12.3. The third-order valence-electron chi connectivity index (χ3n) is 9.94. The first-order valence-corrected chi connectivity index (χ1v) is 15.8. The molecule has 45 heavy (non-hydrogen) atoms. The van der Waals surface area contributed by atoms with E-state index in [1.54, 1.807) is 0 Å². The molecule has 0 radical (unpaired) electrons. The van der Waals surface area contributed by atoms with E-state index in [0.29, 0.717) is 0 Å². The standard InChI is InChI=1S/C44H28O/c1-3-12-30-27(10-1)20-23-33-32(30)18-9-19-34(33)43-37-16-7-5-14-35(37)42(36-15-6-8-17-38(36)43)29-22-25-41-40(26-29)39-24-21-28-11-2-4-13-31(28)44(39)45-41/h1-21,23-24,26H,22,25H2. The minimum atomic E-state index is 0.894. The van der Waals surface area contributed by atoms with Crippen LogP contribution in [-0.2, 0) is 6.42 Å². The quantitative estimate of drug-likeness (QED) is 0.148. The van der Waals surface area contributed by atoms with E-state index in [2.05, 4.69) is 146 Å². The number of hydrogen-bond acceptors (Lipinski definition) is 1.